The lowest BCUT2D eigenvalue weighted by atomic mass is 10.1. The molecule has 0 spiro atoms. The molecule has 0 atom stereocenters. The van der Waals surface area contributed by atoms with Crippen LogP contribution >= 0.6 is 12.4 Å². The molecule has 0 fully saturated rings. The van der Waals surface area contributed by atoms with Crippen molar-refractivity contribution in [2.75, 3.05) is 6.54 Å². The second-order valence-corrected chi connectivity index (χ2v) is 3.96. The molecule has 0 heterocycles. The molecule has 0 bridgehead atoms. The van der Waals surface area contributed by atoms with Crippen molar-refractivity contribution >= 4 is 12.4 Å². The molecule has 0 unspecified atom stereocenters. The molecule has 1 aromatic carbocycles. The van der Waals surface area contributed by atoms with Crippen molar-refractivity contribution in [2.24, 2.45) is 5.73 Å². The van der Waals surface area contributed by atoms with Gasteiger partial charge in [-0.3, -0.25) is 0 Å². The summed E-state index contributed by atoms with van der Waals surface area (Å²) in [5, 5.41) is 0. The van der Waals surface area contributed by atoms with Crippen LogP contribution in [0.5, 0.6) is 5.75 Å². The number of hydrogen-bond acceptors (Lipinski definition) is 2. The standard InChI is InChI=1S/C13H18FNO.ClH/c1-10(2)16-13-5-3-11(4-6-13)7-12(8-14)9-15;/h3-6,8,10H,7,9,15H2,1-2H3;1H/b12-8+;. The topological polar surface area (TPSA) is 35.2 Å². The van der Waals surface area contributed by atoms with E-state index in [1.54, 1.807) is 0 Å². The van der Waals surface area contributed by atoms with E-state index in [0.717, 1.165) is 11.3 Å². The van der Waals surface area contributed by atoms with Gasteiger partial charge in [-0.25, -0.2) is 4.39 Å². The van der Waals surface area contributed by atoms with Gasteiger partial charge >= 0.3 is 0 Å². The monoisotopic (exact) mass is 259 g/mol. The van der Waals surface area contributed by atoms with Gasteiger partial charge in [-0.2, -0.15) is 0 Å². The Hall–Kier alpha value is -1.06. The van der Waals surface area contributed by atoms with Crippen LogP contribution in [0.4, 0.5) is 4.39 Å². The molecule has 1 aromatic rings. The van der Waals surface area contributed by atoms with E-state index in [1.807, 2.05) is 38.1 Å². The second-order valence-electron chi connectivity index (χ2n) is 3.96. The van der Waals surface area contributed by atoms with E-state index in [-0.39, 0.29) is 25.1 Å². The first kappa shape index (κ1) is 15.9. The van der Waals surface area contributed by atoms with Crippen LogP contribution in [0.1, 0.15) is 19.4 Å². The van der Waals surface area contributed by atoms with Gasteiger partial charge < -0.3 is 10.5 Å². The van der Waals surface area contributed by atoms with E-state index < -0.39 is 0 Å². The molecule has 0 saturated carbocycles. The smallest absolute Gasteiger partial charge is 0.119 e. The van der Waals surface area contributed by atoms with Crippen molar-refractivity contribution in [1.82, 2.24) is 0 Å². The lowest BCUT2D eigenvalue weighted by molar-refractivity contribution is 0.242. The zero-order valence-electron chi connectivity index (χ0n) is 10.2. The molecular weight excluding hydrogens is 241 g/mol. The van der Waals surface area contributed by atoms with Crippen LogP contribution in [0, 0.1) is 0 Å². The van der Waals surface area contributed by atoms with Gasteiger partial charge in [-0.15, -0.1) is 12.4 Å². The Morgan fingerprint density at radius 1 is 1.35 bits per heavy atom. The zero-order chi connectivity index (χ0) is 12.0. The van der Waals surface area contributed by atoms with E-state index in [0.29, 0.717) is 18.3 Å². The van der Waals surface area contributed by atoms with Crippen molar-refractivity contribution in [3.8, 4) is 5.75 Å². The normalized spacial score (nSPS) is 11.2. The Morgan fingerprint density at radius 2 is 1.94 bits per heavy atom. The van der Waals surface area contributed by atoms with Crippen LogP contribution in [0.3, 0.4) is 0 Å². The highest BCUT2D eigenvalue weighted by Crippen LogP contribution is 2.15. The summed E-state index contributed by atoms with van der Waals surface area (Å²) in [6, 6.07) is 7.64. The summed E-state index contributed by atoms with van der Waals surface area (Å²) in [7, 11) is 0. The maximum Gasteiger partial charge on any atom is 0.119 e. The Morgan fingerprint density at radius 3 is 2.35 bits per heavy atom. The molecule has 96 valence electrons. The molecule has 0 aromatic heterocycles. The number of halogens is 2. The fourth-order valence-electron chi connectivity index (χ4n) is 1.38. The molecule has 4 heteroatoms. The van der Waals surface area contributed by atoms with Crippen LogP contribution in [-0.2, 0) is 6.42 Å². The van der Waals surface area contributed by atoms with E-state index in [2.05, 4.69) is 0 Å². The maximum absolute atomic E-state index is 12.3. The van der Waals surface area contributed by atoms with Gasteiger partial charge in [0, 0.05) is 6.54 Å². The number of rotatable bonds is 5. The predicted molar refractivity (Wildman–Crippen MR) is 71.4 cm³/mol. The lowest BCUT2D eigenvalue weighted by Crippen LogP contribution is -2.06. The minimum Gasteiger partial charge on any atom is -0.491 e. The molecule has 0 aliphatic carbocycles. The molecule has 0 saturated heterocycles. The van der Waals surface area contributed by atoms with E-state index in [4.69, 9.17) is 10.5 Å². The SMILES string of the molecule is CC(C)Oc1ccc(C/C(=C\F)CN)cc1.Cl. The summed E-state index contributed by atoms with van der Waals surface area (Å²) in [6.07, 6.45) is 1.30. The first-order chi connectivity index (χ1) is 7.65. The van der Waals surface area contributed by atoms with Crippen molar-refractivity contribution < 1.29 is 9.13 Å². The highest BCUT2D eigenvalue weighted by molar-refractivity contribution is 5.85. The van der Waals surface area contributed by atoms with E-state index in [9.17, 15) is 4.39 Å². The number of hydrogen-bond donors (Lipinski definition) is 1. The van der Waals surface area contributed by atoms with E-state index in [1.165, 1.54) is 0 Å². The first-order valence-corrected chi connectivity index (χ1v) is 5.39. The fourth-order valence-corrected chi connectivity index (χ4v) is 1.38. The van der Waals surface area contributed by atoms with Crippen LogP contribution in [0.15, 0.2) is 36.2 Å². The molecular formula is C13H19ClFNO. The lowest BCUT2D eigenvalue weighted by Gasteiger charge is -2.10. The third-order valence-electron chi connectivity index (χ3n) is 2.14. The molecule has 2 nitrogen and oxygen atoms in total. The number of benzene rings is 1. The van der Waals surface area contributed by atoms with E-state index >= 15 is 0 Å². The first-order valence-electron chi connectivity index (χ1n) is 5.39. The quantitative estimate of drug-likeness (QED) is 0.881. The van der Waals surface area contributed by atoms with Crippen LogP contribution in [-0.4, -0.2) is 12.6 Å². The summed E-state index contributed by atoms with van der Waals surface area (Å²) in [6.45, 7) is 4.21. The Labute approximate surface area is 108 Å². The van der Waals surface area contributed by atoms with Gasteiger partial charge in [0.15, 0.2) is 0 Å². The molecule has 0 aliphatic rings. The van der Waals surface area contributed by atoms with Gasteiger partial charge in [0.25, 0.3) is 0 Å². The fraction of sp³-hybridized carbons (Fsp3) is 0.385. The largest absolute Gasteiger partial charge is 0.491 e. The second kappa shape index (κ2) is 8.09. The Balaban J connectivity index is 0.00000256. The minimum atomic E-state index is 0. The zero-order valence-corrected chi connectivity index (χ0v) is 11.0. The summed E-state index contributed by atoms with van der Waals surface area (Å²) in [4.78, 5) is 0. The highest BCUT2D eigenvalue weighted by atomic mass is 35.5. The number of nitrogens with two attached hydrogens (primary N) is 1. The average molecular weight is 260 g/mol. The number of ether oxygens (including phenoxy) is 1. The Bertz CT molecular complexity index is 349. The van der Waals surface area contributed by atoms with Gasteiger partial charge in [0.1, 0.15) is 5.75 Å². The third-order valence-corrected chi connectivity index (χ3v) is 2.14. The van der Waals surface area contributed by atoms with Crippen LogP contribution < -0.4 is 10.5 Å². The van der Waals surface area contributed by atoms with Gasteiger partial charge in [-0.05, 0) is 43.5 Å². The summed E-state index contributed by atoms with van der Waals surface area (Å²) in [5.74, 6) is 0.831. The van der Waals surface area contributed by atoms with Crippen LogP contribution in [0.2, 0.25) is 0 Å². The van der Waals surface area contributed by atoms with Gasteiger partial charge in [0.2, 0.25) is 0 Å². The van der Waals surface area contributed by atoms with Crippen LogP contribution in [0.25, 0.3) is 0 Å². The molecule has 0 amide bonds. The Kier molecular flexibility index (Phi) is 7.59. The van der Waals surface area contributed by atoms with Gasteiger partial charge in [-0.1, -0.05) is 12.1 Å². The van der Waals surface area contributed by atoms with Crippen molar-refractivity contribution in [3.63, 3.8) is 0 Å². The average Bonchev–Trinajstić information content (AvgIpc) is 2.27. The third kappa shape index (κ3) is 5.71. The molecule has 2 N–H and O–H groups in total. The molecule has 17 heavy (non-hydrogen) atoms. The summed E-state index contributed by atoms with van der Waals surface area (Å²) < 4.78 is 17.8. The molecule has 0 aliphatic heterocycles. The summed E-state index contributed by atoms with van der Waals surface area (Å²) in [5.41, 5.74) is 7.02. The van der Waals surface area contributed by atoms with Crippen molar-refractivity contribution in [3.05, 3.63) is 41.7 Å². The molecule has 1 rings (SSSR count). The van der Waals surface area contributed by atoms with Crippen molar-refractivity contribution in [2.45, 2.75) is 26.4 Å². The van der Waals surface area contributed by atoms with Crippen molar-refractivity contribution in [1.29, 1.82) is 0 Å². The summed E-state index contributed by atoms with van der Waals surface area (Å²) >= 11 is 0. The highest BCUT2D eigenvalue weighted by Gasteiger charge is 2.00. The maximum atomic E-state index is 12.3. The molecule has 0 radical (unpaired) electrons. The minimum absolute atomic E-state index is 0. The predicted octanol–water partition coefficient (Wildman–Crippen LogP) is 3.25. The van der Waals surface area contributed by atoms with Gasteiger partial charge in [0.05, 0.1) is 12.4 Å².